The molecule has 1 aromatic carbocycles. The molecule has 1 heterocycles. The Hall–Kier alpha value is -2.21. The summed E-state index contributed by atoms with van der Waals surface area (Å²) in [6.07, 6.45) is 1.68. The minimum Gasteiger partial charge on any atom is -0.325 e. The van der Waals surface area contributed by atoms with Gasteiger partial charge in [-0.1, -0.05) is 23.4 Å². The van der Waals surface area contributed by atoms with E-state index in [4.69, 9.17) is 5.73 Å². The van der Waals surface area contributed by atoms with Gasteiger partial charge < -0.3 is 11.1 Å². The highest BCUT2D eigenvalue weighted by molar-refractivity contribution is 5.93. The van der Waals surface area contributed by atoms with Gasteiger partial charge in [0.15, 0.2) is 0 Å². The molecule has 2 rings (SSSR count). The van der Waals surface area contributed by atoms with Crippen LogP contribution in [-0.4, -0.2) is 20.9 Å². The lowest BCUT2D eigenvalue weighted by molar-refractivity contribution is -0.119. The molecule has 6 nitrogen and oxygen atoms in total. The molecule has 18 heavy (non-hydrogen) atoms. The number of hydrogen-bond donors (Lipinski definition) is 2. The van der Waals surface area contributed by atoms with Crippen LogP contribution in [0.1, 0.15) is 18.7 Å². The van der Waals surface area contributed by atoms with E-state index in [2.05, 4.69) is 15.6 Å². The Kier molecular flexibility index (Phi) is 3.69. The predicted octanol–water partition coefficient (Wildman–Crippen LogP) is 0.936. The van der Waals surface area contributed by atoms with Crippen LogP contribution in [0.3, 0.4) is 0 Å². The smallest absolute Gasteiger partial charge is 0.249 e. The van der Waals surface area contributed by atoms with E-state index < -0.39 is 6.04 Å². The van der Waals surface area contributed by atoms with Crippen molar-refractivity contribution in [2.24, 2.45) is 5.73 Å². The van der Waals surface area contributed by atoms with Crippen molar-refractivity contribution in [2.45, 2.75) is 19.5 Å². The molecule has 1 atom stereocenters. The van der Waals surface area contributed by atoms with Crippen LogP contribution in [0.4, 0.5) is 5.69 Å². The molecular formula is C12H15N5O. The standard InChI is InChI=1S/C12H15N5O/c1-9(17-8-11(7-13)15-16-17)12(18)14-10-5-3-2-4-6-10/h2-6,8-9H,7,13H2,1H3,(H,14,18). The Bertz CT molecular complexity index is 522. The van der Waals surface area contributed by atoms with Crippen LogP contribution < -0.4 is 11.1 Å². The molecule has 0 saturated heterocycles. The van der Waals surface area contributed by atoms with E-state index >= 15 is 0 Å². The van der Waals surface area contributed by atoms with Crippen LogP contribution in [0.15, 0.2) is 36.5 Å². The molecule has 3 N–H and O–H groups in total. The number of rotatable bonds is 4. The molecule has 0 aliphatic rings. The van der Waals surface area contributed by atoms with Crippen molar-refractivity contribution in [2.75, 3.05) is 5.32 Å². The van der Waals surface area contributed by atoms with Crippen molar-refractivity contribution in [3.05, 3.63) is 42.2 Å². The summed E-state index contributed by atoms with van der Waals surface area (Å²) in [6.45, 7) is 2.07. The predicted molar refractivity (Wildman–Crippen MR) is 67.7 cm³/mol. The van der Waals surface area contributed by atoms with Crippen molar-refractivity contribution in [1.29, 1.82) is 0 Å². The maximum atomic E-state index is 12.0. The van der Waals surface area contributed by atoms with Gasteiger partial charge in [0.25, 0.3) is 0 Å². The zero-order valence-electron chi connectivity index (χ0n) is 10.1. The summed E-state index contributed by atoms with van der Waals surface area (Å²) in [7, 11) is 0. The number of aromatic nitrogens is 3. The van der Waals surface area contributed by atoms with E-state index in [0.717, 1.165) is 5.69 Å². The molecule has 0 fully saturated rings. The molecule has 6 heteroatoms. The summed E-state index contributed by atoms with van der Waals surface area (Å²) in [5.41, 5.74) is 6.87. The summed E-state index contributed by atoms with van der Waals surface area (Å²) in [4.78, 5) is 12.0. The summed E-state index contributed by atoms with van der Waals surface area (Å²) in [5, 5.41) is 10.5. The fourth-order valence-electron chi connectivity index (χ4n) is 1.48. The van der Waals surface area contributed by atoms with Crippen molar-refractivity contribution >= 4 is 11.6 Å². The average Bonchev–Trinajstić information content (AvgIpc) is 2.87. The first kappa shape index (κ1) is 12.3. The van der Waals surface area contributed by atoms with Gasteiger partial charge in [-0.05, 0) is 19.1 Å². The van der Waals surface area contributed by atoms with E-state index in [1.54, 1.807) is 13.1 Å². The molecule has 0 saturated carbocycles. The minimum absolute atomic E-state index is 0.144. The highest BCUT2D eigenvalue weighted by atomic mass is 16.2. The van der Waals surface area contributed by atoms with Crippen molar-refractivity contribution in [3.63, 3.8) is 0 Å². The van der Waals surface area contributed by atoms with Gasteiger partial charge in [0.05, 0.1) is 11.9 Å². The van der Waals surface area contributed by atoms with Gasteiger partial charge in [0.2, 0.25) is 5.91 Å². The zero-order valence-corrected chi connectivity index (χ0v) is 10.1. The van der Waals surface area contributed by atoms with Crippen LogP contribution in [0.25, 0.3) is 0 Å². The van der Waals surface area contributed by atoms with Crippen LogP contribution in [0.2, 0.25) is 0 Å². The molecule has 2 aromatic rings. The number of hydrogen-bond acceptors (Lipinski definition) is 4. The van der Waals surface area contributed by atoms with Crippen molar-refractivity contribution < 1.29 is 4.79 Å². The number of nitrogens with two attached hydrogens (primary N) is 1. The Morgan fingerprint density at radius 1 is 1.44 bits per heavy atom. The second-order valence-corrected chi connectivity index (χ2v) is 3.93. The molecule has 1 unspecified atom stereocenters. The SMILES string of the molecule is CC(C(=O)Nc1ccccc1)n1cc(CN)nn1. The number of benzene rings is 1. The van der Waals surface area contributed by atoms with Gasteiger partial charge in [-0.15, -0.1) is 5.10 Å². The second kappa shape index (κ2) is 5.42. The number of anilines is 1. The molecule has 0 radical (unpaired) electrons. The van der Waals surface area contributed by atoms with Gasteiger partial charge in [-0.25, -0.2) is 4.68 Å². The third-order valence-electron chi connectivity index (χ3n) is 2.58. The summed E-state index contributed by atoms with van der Waals surface area (Å²) < 4.78 is 1.50. The Labute approximate surface area is 105 Å². The van der Waals surface area contributed by atoms with Crippen LogP contribution >= 0.6 is 0 Å². The fourth-order valence-corrected chi connectivity index (χ4v) is 1.48. The van der Waals surface area contributed by atoms with Crippen molar-refractivity contribution in [3.8, 4) is 0 Å². The van der Waals surface area contributed by atoms with E-state index in [1.807, 2.05) is 30.3 Å². The third kappa shape index (κ3) is 2.72. The Balaban J connectivity index is 2.05. The highest BCUT2D eigenvalue weighted by Gasteiger charge is 2.16. The molecule has 1 aromatic heterocycles. The molecule has 0 spiro atoms. The van der Waals surface area contributed by atoms with Crippen LogP contribution in [0, 0.1) is 0 Å². The monoisotopic (exact) mass is 245 g/mol. The lowest BCUT2D eigenvalue weighted by Gasteiger charge is -2.11. The number of amides is 1. The molecule has 0 aliphatic heterocycles. The van der Waals surface area contributed by atoms with E-state index in [0.29, 0.717) is 12.2 Å². The number of carbonyl (C=O) groups is 1. The quantitative estimate of drug-likeness (QED) is 0.839. The van der Waals surface area contributed by atoms with Crippen LogP contribution in [-0.2, 0) is 11.3 Å². The third-order valence-corrected chi connectivity index (χ3v) is 2.58. The van der Waals surface area contributed by atoms with E-state index in [9.17, 15) is 4.79 Å². The largest absolute Gasteiger partial charge is 0.325 e. The van der Waals surface area contributed by atoms with Gasteiger partial charge in [-0.2, -0.15) is 0 Å². The molecule has 0 aliphatic carbocycles. The normalized spacial score (nSPS) is 12.1. The van der Waals surface area contributed by atoms with E-state index in [1.165, 1.54) is 4.68 Å². The maximum Gasteiger partial charge on any atom is 0.249 e. The number of nitrogens with one attached hydrogen (secondary N) is 1. The molecule has 94 valence electrons. The average molecular weight is 245 g/mol. The summed E-state index contributed by atoms with van der Waals surface area (Å²) in [5.74, 6) is -0.144. The Morgan fingerprint density at radius 3 is 2.78 bits per heavy atom. The first-order valence-electron chi connectivity index (χ1n) is 5.67. The maximum absolute atomic E-state index is 12.0. The zero-order chi connectivity index (χ0) is 13.0. The lowest BCUT2D eigenvalue weighted by atomic mass is 10.2. The molecule has 1 amide bonds. The van der Waals surface area contributed by atoms with Gasteiger partial charge >= 0.3 is 0 Å². The summed E-state index contributed by atoms with van der Waals surface area (Å²) in [6, 6.07) is 8.85. The summed E-state index contributed by atoms with van der Waals surface area (Å²) >= 11 is 0. The number of para-hydroxylation sites is 1. The Morgan fingerprint density at radius 2 is 2.17 bits per heavy atom. The van der Waals surface area contributed by atoms with E-state index in [-0.39, 0.29) is 5.91 Å². The van der Waals surface area contributed by atoms with Crippen molar-refractivity contribution in [1.82, 2.24) is 15.0 Å². The first-order valence-corrected chi connectivity index (χ1v) is 5.67. The first-order chi connectivity index (χ1) is 8.70. The minimum atomic E-state index is -0.432. The lowest BCUT2D eigenvalue weighted by Crippen LogP contribution is -2.24. The van der Waals surface area contributed by atoms with Gasteiger partial charge in [-0.3, -0.25) is 4.79 Å². The second-order valence-electron chi connectivity index (χ2n) is 3.93. The van der Waals surface area contributed by atoms with Gasteiger partial charge in [0, 0.05) is 12.2 Å². The topological polar surface area (TPSA) is 85.8 Å². The number of nitrogens with zero attached hydrogens (tertiary/aromatic N) is 3. The molecular weight excluding hydrogens is 230 g/mol. The fraction of sp³-hybridized carbons (Fsp3) is 0.250. The van der Waals surface area contributed by atoms with Gasteiger partial charge in [0.1, 0.15) is 6.04 Å². The molecule has 0 bridgehead atoms. The van der Waals surface area contributed by atoms with Crippen LogP contribution in [0.5, 0.6) is 0 Å². The number of carbonyl (C=O) groups excluding carboxylic acids is 1. The highest BCUT2D eigenvalue weighted by Crippen LogP contribution is 2.10.